The number of hydrogen-bond donors (Lipinski definition) is 0. The van der Waals surface area contributed by atoms with Crippen molar-refractivity contribution in [1.82, 2.24) is 0 Å². The fourth-order valence-corrected chi connectivity index (χ4v) is 10.7. The zero-order valence-electron chi connectivity index (χ0n) is 27.9. The Bertz CT molecular complexity index is 2010. The molecule has 0 atom stereocenters. The summed E-state index contributed by atoms with van der Waals surface area (Å²) in [6.45, 7) is 4.88. The predicted octanol–water partition coefficient (Wildman–Crippen LogP) is 13.9. The van der Waals surface area contributed by atoms with Crippen LogP contribution in [0.25, 0.3) is 31.3 Å². The molecule has 0 radical (unpaired) electrons. The van der Waals surface area contributed by atoms with Crippen molar-refractivity contribution >= 4 is 48.6 Å². The monoisotopic (exact) mass is 631 g/mol. The molecule has 1 aromatic heterocycles. The van der Waals surface area contributed by atoms with E-state index >= 15 is 0 Å². The molecule has 6 aromatic rings. The van der Waals surface area contributed by atoms with Crippen LogP contribution in [-0.4, -0.2) is 0 Å². The van der Waals surface area contributed by atoms with Gasteiger partial charge >= 0.3 is 0 Å². The minimum Gasteiger partial charge on any atom is -0.310 e. The number of anilines is 3. The fraction of sp³-hybridized carbons (Fsp3) is 0.333. The SMILES string of the molecule is CC1(C)c2cc(N(c3ccc(C4CCCCC4)cc3)c3ccc(C4CCCCC4)cc3)ccc2-c2ccc3c(sc4ccccc43)c21. The maximum absolute atomic E-state index is 2.50. The minimum atomic E-state index is -0.0948. The molecule has 0 bridgehead atoms. The Morgan fingerprint density at radius 1 is 0.553 bits per heavy atom. The third-order valence-corrected chi connectivity index (χ3v) is 13.1. The zero-order chi connectivity index (χ0) is 31.5. The van der Waals surface area contributed by atoms with Crippen molar-refractivity contribution in [2.45, 2.75) is 95.3 Å². The van der Waals surface area contributed by atoms with Gasteiger partial charge in [-0.05, 0) is 113 Å². The molecule has 47 heavy (non-hydrogen) atoms. The number of nitrogens with zero attached hydrogens (tertiary/aromatic N) is 1. The van der Waals surface area contributed by atoms with Crippen molar-refractivity contribution < 1.29 is 0 Å². The Kier molecular flexibility index (Phi) is 7.27. The molecule has 236 valence electrons. The van der Waals surface area contributed by atoms with Crippen LogP contribution in [0.1, 0.15) is 112 Å². The Morgan fingerprint density at radius 2 is 1.11 bits per heavy atom. The number of hydrogen-bond acceptors (Lipinski definition) is 2. The summed E-state index contributed by atoms with van der Waals surface area (Å²) in [6.07, 6.45) is 13.6. The molecule has 0 spiro atoms. The van der Waals surface area contributed by atoms with Crippen LogP contribution in [0.2, 0.25) is 0 Å². The van der Waals surface area contributed by atoms with Gasteiger partial charge in [0.1, 0.15) is 0 Å². The van der Waals surface area contributed by atoms with E-state index in [0.29, 0.717) is 11.8 Å². The summed E-state index contributed by atoms with van der Waals surface area (Å²) in [5.41, 5.74) is 12.4. The molecule has 0 aliphatic heterocycles. The molecule has 2 fully saturated rings. The smallest absolute Gasteiger partial charge is 0.0465 e. The first-order chi connectivity index (χ1) is 23.1. The van der Waals surface area contributed by atoms with Crippen molar-refractivity contribution in [3.05, 3.63) is 125 Å². The lowest BCUT2D eigenvalue weighted by atomic mass is 9.81. The normalized spacial score (nSPS) is 18.0. The lowest BCUT2D eigenvalue weighted by Gasteiger charge is -2.29. The van der Waals surface area contributed by atoms with Crippen molar-refractivity contribution in [1.29, 1.82) is 0 Å². The topological polar surface area (TPSA) is 3.24 Å². The Labute approximate surface area is 284 Å². The molecule has 0 saturated heterocycles. The van der Waals surface area contributed by atoms with Crippen LogP contribution < -0.4 is 4.90 Å². The quantitative estimate of drug-likeness (QED) is 0.183. The minimum absolute atomic E-state index is 0.0948. The average Bonchev–Trinajstić information content (AvgIpc) is 3.61. The van der Waals surface area contributed by atoms with E-state index in [1.165, 1.54) is 135 Å². The van der Waals surface area contributed by atoms with Crippen LogP contribution in [0, 0.1) is 0 Å². The average molecular weight is 632 g/mol. The van der Waals surface area contributed by atoms with Gasteiger partial charge in [0.15, 0.2) is 0 Å². The van der Waals surface area contributed by atoms with E-state index in [0.717, 1.165) is 0 Å². The van der Waals surface area contributed by atoms with E-state index in [4.69, 9.17) is 0 Å². The van der Waals surface area contributed by atoms with Gasteiger partial charge in [0.25, 0.3) is 0 Å². The van der Waals surface area contributed by atoms with Crippen LogP contribution in [0.15, 0.2) is 103 Å². The van der Waals surface area contributed by atoms with Crippen molar-refractivity contribution in [2.24, 2.45) is 0 Å². The highest BCUT2D eigenvalue weighted by Crippen LogP contribution is 2.55. The maximum Gasteiger partial charge on any atom is 0.0465 e. The summed E-state index contributed by atoms with van der Waals surface area (Å²) in [5.74, 6) is 1.43. The number of fused-ring (bicyclic) bond motifs is 7. The molecular formula is C45H45NS. The highest BCUT2D eigenvalue weighted by molar-refractivity contribution is 7.26. The van der Waals surface area contributed by atoms with Gasteiger partial charge in [-0.15, -0.1) is 11.3 Å². The third-order valence-electron chi connectivity index (χ3n) is 11.9. The largest absolute Gasteiger partial charge is 0.310 e. The van der Waals surface area contributed by atoms with Crippen LogP contribution in [0.5, 0.6) is 0 Å². The molecule has 2 saturated carbocycles. The van der Waals surface area contributed by atoms with E-state index < -0.39 is 0 Å². The molecule has 2 heteroatoms. The Hall–Kier alpha value is -3.88. The molecule has 1 heterocycles. The van der Waals surface area contributed by atoms with Crippen LogP contribution >= 0.6 is 11.3 Å². The summed E-state index contributed by atoms with van der Waals surface area (Å²) in [7, 11) is 0. The molecule has 0 unspecified atom stereocenters. The third kappa shape index (κ3) is 4.94. The lowest BCUT2D eigenvalue weighted by Crippen LogP contribution is -2.17. The lowest BCUT2D eigenvalue weighted by molar-refractivity contribution is 0.443. The van der Waals surface area contributed by atoms with Gasteiger partial charge in [0.05, 0.1) is 0 Å². The highest BCUT2D eigenvalue weighted by atomic mass is 32.1. The van der Waals surface area contributed by atoms with Gasteiger partial charge in [-0.1, -0.05) is 113 Å². The van der Waals surface area contributed by atoms with Gasteiger partial charge < -0.3 is 4.90 Å². The molecule has 9 rings (SSSR count). The van der Waals surface area contributed by atoms with Crippen molar-refractivity contribution in [3.8, 4) is 11.1 Å². The molecule has 3 aliphatic carbocycles. The summed E-state index contributed by atoms with van der Waals surface area (Å²) < 4.78 is 2.82. The second kappa shape index (κ2) is 11.7. The predicted molar refractivity (Wildman–Crippen MR) is 203 cm³/mol. The Morgan fingerprint density at radius 3 is 1.72 bits per heavy atom. The van der Waals surface area contributed by atoms with E-state index in [-0.39, 0.29) is 5.41 Å². The summed E-state index contributed by atoms with van der Waals surface area (Å²) in [6, 6.07) is 40.1. The summed E-state index contributed by atoms with van der Waals surface area (Å²) >= 11 is 1.96. The van der Waals surface area contributed by atoms with Gasteiger partial charge in [0, 0.05) is 42.6 Å². The first-order valence-corrected chi connectivity index (χ1v) is 19.0. The number of thiophene rings is 1. The van der Waals surface area contributed by atoms with Crippen LogP contribution in [0.3, 0.4) is 0 Å². The van der Waals surface area contributed by atoms with Crippen LogP contribution in [0.4, 0.5) is 17.1 Å². The fourth-order valence-electron chi connectivity index (χ4n) is 9.30. The Balaban J connectivity index is 1.14. The molecule has 3 aliphatic rings. The zero-order valence-corrected chi connectivity index (χ0v) is 28.7. The first kappa shape index (κ1) is 29.3. The van der Waals surface area contributed by atoms with Gasteiger partial charge in [-0.2, -0.15) is 0 Å². The van der Waals surface area contributed by atoms with E-state index in [1.54, 1.807) is 0 Å². The van der Waals surface area contributed by atoms with Gasteiger partial charge in [0.2, 0.25) is 0 Å². The maximum atomic E-state index is 2.50. The molecule has 0 amide bonds. The van der Waals surface area contributed by atoms with Crippen molar-refractivity contribution in [2.75, 3.05) is 4.90 Å². The highest BCUT2D eigenvalue weighted by Gasteiger charge is 2.38. The van der Waals surface area contributed by atoms with E-state index in [9.17, 15) is 0 Å². The standard InChI is InChI=1S/C45H45NS/c1-45(2)41-29-36(25-26-37(41)39-27-28-40-38-15-9-10-16-42(38)47-44(40)43(39)45)46(34-21-17-32(18-22-34)30-11-5-3-6-12-30)35-23-19-33(20-24-35)31-13-7-4-8-14-31/h9-10,15-31H,3-8,11-14H2,1-2H3. The molecule has 5 aromatic carbocycles. The van der Waals surface area contributed by atoms with E-state index in [2.05, 4.69) is 122 Å². The van der Waals surface area contributed by atoms with Gasteiger partial charge in [-0.3, -0.25) is 0 Å². The molecule has 1 nitrogen and oxygen atoms in total. The van der Waals surface area contributed by atoms with Crippen LogP contribution in [-0.2, 0) is 5.41 Å². The first-order valence-electron chi connectivity index (χ1n) is 18.2. The molecule has 0 N–H and O–H groups in total. The summed E-state index contributed by atoms with van der Waals surface area (Å²) in [5, 5.41) is 2.77. The van der Waals surface area contributed by atoms with Crippen molar-refractivity contribution in [3.63, 3.8) is 0 Å². The number of rotatable bonds is 5. The molecular weight excluding hydrogens is 587 g/mol. The second-order valence-corrected chi connectivity index (χ2v) is 16.1. The number of benzene rings is 5. The summed E-state index contributed by atoms with van der Waals surface area (Å²) in [4.78, 5) is 2.50. The van der Waals surface area contributed by atoms with Gasteiger partial charge in [-0.25, -0.2) is 0 Å². The van der Waals surface area contributed by atoms with E-state index in [1.807, 2.05) is 11.3 Å². The second-order valence-electron chi connectivity index (χ2n) is 15.0.